The van der Waals surface area contributed by atoms with Crippen LogP contribution >= 0.6 is 0 Å². The fourth-order valence-electron chi connectivity index (χ4n) is 2.22. The number of hydrogen-bond acceptors (Lipinski definition) is 3. The Balaban J connectivity index is 1.74. The molecule has 0 saturated carbocycles. The number of hydrogen-bond donors (Lipinski definition) is 1. The maximum atomic E-state index is 11.9. The van der Waals surface area contributed by atoms with E-state index >= 15 is 0 Å². The van der Waals surface area contributed by atoms with Gasteiger partial charge in [-0.25, -0.2) is 0 Å². The molecule has 1 atom stereocenters. The van der Waals surface area contributed by atoms with Crippen molar-refractivity contribution in [1.29, 1.82) is 0 Å². The van der Waals surface area contributed by atoms with Gasteiger partial charge < -0.3 is 15.0 Å². The molecule has 1 amide bonds. The minimum absolute atomic E-state index is 0.0909. The molecule has 1 N–H and O–H groups in total. The summed E-state index contributed by atoms with van der Waals surface area (Å²) in [5.41, 5.74) is 0. The van der Waals surface area contributed by atoms with Crippen LogP contribution in [0.4, 0.5) is 0 Å². The van der Waals surface area contributed by atoms with Crippen molar-refractivity contribution in [2.75, 3.05) is 32.8 Å². The summed E-state index contributed by atoms with van der Waals surface area (Å²) in [6.07, 6.45) is 4.23. The maximum absolute atomic E-state index is 11.9. The Kier molecular flexibility index (Phi) is 3.97. The van der Waals surface area contributed by atoms with Crippen molar-refractivity contribution < 1.29 is 9.53 Å². The second-order valence-corrected chi connectivity index (χ2v) is 4.34. The summed E-state index contributed by atoms with van der Waals surface area (Å²) < 4.78 is 5.53. The van der Waals surface area contributed by atoms with Gasteiger partial charge in [-0.15, -0.1) is 0 Å². The van der Waals surface area contributed by atoms with Crippen molar-refractivity contribution in [3.63, 3.8) is 0 Å². The van der Waals surface area contributed by atoms with E-state index < -0.39 is 0 Å². The average molecular weight is 212 g/mol. The predicted octanol–water partition coefficient (Wildman–Crippen LogP) is 0.377. The predicted molar refractivity (Wildman–Crippen MR) is 57.7 cm³/mol. The molecule has 0 aliphatic carbocycles. The third-order valence-electron chi connectivity index (χ3n) is 3.12. The molecule has 2 aliphatic heterocycles. The van der Waals surface area contributed by atoms with Crippen molar-refractivity contribution in [1.82, 2.24) is 10.2 Å². The second-order valence-electron chi connectivity index (χ2n) is 4.34. The van der Waals surface area contributed by atoms with E-state index in [1.165, 1.54) is 6.42 Å². The number of carbonyl (C=O) groups excluding carboxylic acids is 1. The summed E-state index contributed by atoms with van der Waals surface area (Å²) in [5.74, 6) is 0.267. The first-order valence-corrected chi connectivity index (χ1v) is 5.96. The van der Waals surface area contributed by atoms with E-state index in [1.54, 1.807) is 0 Å². The number of carbonyl (C=O) groups is 1. The summed E-state index contributed by atoms with van der Waals surface area (Å²) >= 11 is 0. The normalized spacial score (nSPS) is 27.7. The third kappa shape index (κ3) is 3.18. The smallest absolute Gasteiger partial charge is 0.225 e. The molecule has 15 heavy (non-hydrogen) atoms. The lowest BCUT2D eigenvalue weighted by atomic mass is 10.1. The van der Waals surface area contributed by atoms with E-state index in [-0.39, 0.29) is 12.0 Å². The monoisotopic (exact) mass is 212 g/mol. The van der Waals surface area contributed by atoms with Crippen LogP contribution in [0.15, 0.2) is 0 Å². The molecule has 0 bridgehead atoms. The molecule has 0 aromatic heterocycles. The first-order chi connectivity index (χ1) is 7.36. The van der Waals surface area contributed by atoms with Crippen LogP contribution in [0.25, 0.3) is 0 Å². The van der Waals surface area contributed by atoms with Gasteiger partial charge in [-0.05, 0) is 19.3 Å². The van der Waals surface area contributed by atoms with Crippen molar-refractivity contribution in [3.05, 3.63) is 0 Å². The fraction of sp³-hybridized carbons (Fsp3) is 0.909. The lowest BCUT2D eigenvalue weighted by Gasteiger charge is -2.29. The highest BCUT2D eigenvalue weighted by Crippen LogP contribution is 2.12. The van der Waals surface area contributed by atoms with Gasteiger partial charge in [0, 0.05) is 26.2 Å². The molecular weight excluding hydrogens is 192 g/mol. The van der Waals surface area contributed by atoms with Gasteiger partial charge in [-0.3, -0.25) is 4.79 Å². The second kappa shape index (κ2) is 5.47. The minimum Gasteiger partial charge on any atom is -0.375 e. The van der Waals surface area contributed by atoms with Gasteiger partial charge in [0.1, 0.15) is 0 Å². The minimum atomic E-state index is 0.0909. The van der Waals surface area contributed by atoms with Gasteiger partial charge in [0.15, 0.2) is 0 Å². The van der Waals surface area contributed by atoms with Crippen LogP contribution in [-0.4, -0.2) is 49.7 Å². The number of nitrogens with one attached hydrogen (secondary N) is 1. The van der Waals surface area contributed by atoms with E-state index in [9.17, 15) is 4.79 Å². The summed E-state index contributed by atoms with van der Waals surface area (Å²) in [7, 11) is 0. The number of ether oxygens (including phenoxy) is 1. The van der Waals surface area contributed by atoms with Crippen LogP contribution in [-0.2, 0) is 9.53 Å². The molecule has 4 heteroatoms. The molecule has 2 aliphatic rings. The Hall–Kier alpha value is -0.610. The average Bonchev–Trinajstić information content (AvgIpc) is 2.31. The molecule has 2 saturated heterocycles. The molecular formula is C11H20N2O2. The number of rotatable bonds is 2. The van der Waals surface area contributed by atoms with Crippen molar-refractivity contribution >= 4 is 5.91 Å². The SMILES string of the molecule is O=C(CC1CNCCO1)N1CCCCC1. The van der Waals surface area contributed by atoms with Crippen LogP contribution in [0, 0.1) is 0 Å². The zero-order valence-corrected chi connectivity index (χ0v) is 9.21. The Labute approximate surface area is 91.0 Å². The summed E-state index contributed by atoms with van der Waals surface area (Å²) in [4.78, 5) is 13.9. The molecule has 2 rings (SSSR count). The Morgan fingerprint density at radius 1 is 1.33 bits per heavy atom. The van der Waals surface area contributed by atoms with Crippen LogP contribution in [0.2, 0.25) is 0 Å². The number of likely N-dealkylation sites (tertiary alicyclic amines) is 1. The van der Waals surface area contributed by atoms with E-state index in [2.05, 4.69) is 5.32 Å². The Bertz CT molecular complexity index is 209. The number of morpholine rings is 1. The van der Waals surface area contributed by atoms with Crippen LogP contribution in [0.3, 0.4) is 0 Å². The molecule has 2 fully saturated rings. The van der Waals surface area contributed by atoms with Gasteiger partial charge >= 0.3 is 0 Å². The molecule has 0 radical (unpaired) electrons. The highest BCUT2D eigenvalue weighted by atomic mass is 16.5. The standard InChI is InChI=1S/C11H20N2O2/c14-11(13-5-2-1-3-6-13)8-10-9-12-4-7-15-10/h10,12H,1-9H2. The first kappa shape index (κ1) is 10.9. The topological polar surface area (TPSA) is 41.6 Å². The van der Waals surface area contributed by atoms with E-state index in [0.717, 1.165) is 45.6 Å². The van der Waals surface area contributed by atoms with Crippen LogP contribution in [0.5, 0.6) is 0 Å². The summed E-state index contributed by atoms with van der Waals surface area (Å²) in [5, 5.41) is 3.25. The third-order valence-corrected chi connectivity index (χ3v) is 3.12. The van der Waals surface area contributed by atoms with Crippen molar-refractivity contribution in [2.45, 2.75) is 31.8 Å². The van der Waals surface area contributed by atoms with Gasteiger partial charge in [0.25, 0.3) is 0 Å². The number of amides is 1. The number of piperidine rings is 1. The largest absolute Gasteiger partial charge is 0.375 e. The highest BCUT2D eigenvalue weighted by molar-refractivity contribution is 5.76. The molecule has 0 aromatic rings. The molecule has 2 heterocycles. The van der Waals surface area contributed by atoms with Gasteiger partial charge in [-0.1, -0.05) is 0 Å². The zero-order chi connectivity index (χ0) is 10.5. The first-order valence-electron chi connectivity index (χ1n) is 5.96. The van der Waals surface area contributed by atoms with Crippen molar-refractivity contribution in [2.24, 2.45) is 0 Å². The maximum Gasteiger partial charge on any atom is 0.225 e. The van der Waals surface area contributed by atoms with Crippen LogP contribution < -0.4 is 5.32 Å². The molecule has 1 unspecified atom stereocenters. The summed E-state index contributed by atoms with van der Waals surface area (Å²) in [6, 6.07) is 0. The lowest BCUT2D eigenvalue weighted by molar-refractivity contribution is -0.135. The molecule has 86 valence electrons. The van der Waals surface area contributed by atoms with Gasteiger partial charge in [0.05, 0.1) is 19.1 Å². The van der Waals surface area contributed by atoms with Crippen molar-refractivity contribution in [3.8, 4) is 0 Å². The zero-order valence-electron chi connectivity index (χ0n) is 9.21. The number of nitrogens with zero attached hydrogens (tertiary/aromatic N) is 1. The summed E-state index contributed by atoms with van der Waals surface area (Å²) in [6.45, 7) is 4.35. The van der Waals surface area contributed by atoms with Crippen LogP contribution in [0.1, 0.15) is 25.7 Å². The Morgan fingerprint density at radius 2 is 2.13 bits per heavy atom. The molecule has 0 aromatic carbocycles. The van der Waals surface area contributed by atoms with E-state index in [4.69, 9.17) is 4.74 Å². The molecule has 0 spiro atoms. The highest BCUT2D eigenvalue weighted by Gasteiger charge is 2.22. The lowest BCUT2D eigenvalue weighted by Crippen LogP contribution is -2.43. The van der Waals surface area contributed by atoms with E-state index in [0.29, 0.717) is 6.42 Å². The van der Waals surface area contributed by atoms with E-state index in [1.807, 2.05) is 4.90 Å². The van der Waals surface area contributed by atoms with Gasteiger partial charge in [-0.2, -0.15) is 0 Å². The fourth-order valence-corrected chi connectivity index (χ4v) is 2.22. The van der Waals surface area contributed by atoms with Gasteiger partial charge in [0.2, 0.25) is 5.91 Å². The quantitative estimate of drug-likeness (QED) is 0.719. The molecule has 4 nitrogen and oxygen atoms in total. The Morgan fingerprint density at radius 3 is 2.80 bits per heavy atom.